The Hall–Kier alpha value is -5.72. The van der Waals surface area contributed by atoms with Gasteiger partial charge in [-0.05, 0) is 35.7 Å². The highest BCUT2D eigenvalue weighted by Crippen LogP contribution is 2.35. The molecule has 0 bridgehead atoms. The molecule has 2 heterocycles. The molecule has 0 unspecified atom stereocenters. The fraction of sp³-hybridized carbons (Fsp3) is 0.282. The Morgan fingerprint density at radius 1 is 0.627 bits per heavy atom. The minimum Gasteiger partial charge on any atom is -0.454 e. The second-order valence-electron chi connectivity index (χ2n) is 11.7. The normalized spacial score (nSPS) is 11.7. The first-order chi connectivity index (χ1) is 25.2. The average molecular weight is 690 g/mol. The summed E-state index contributed by atoms with van der Waals surface area (Å²) >= 11 is 0. The molecule has 1 aliphatic rings. The van der Waals surface area contributed by atoms with Crippen molar-refractivity contribution in [1.82, 2.24) is 20.3 Å². The number of rotatable bonds is 20. The van der Waals surface area contributed by atoms with Gasteiger partial charge in [0.2, 0.25) is 24.6 Å². The molecule has 0 saturated heterocycles. The van der Waals surface area contributed by atoms with E-state index in [0.29, 0.717) is 76.0 Å². The van der Waals surface area contributed by atoms with Crippen LogP contribution < -0.4 is 30.7 Å². The topological polar surface area (TPSA) is 141 Å². The SMILES string of the molecule is O=C(NCCOCCOCCNc1nc(NCCC(c2ccccc2)c2ccccc2)nc(NCc2cccc3c2OCO3)n1)c1ccccc1. The number of para-hydroxylation sites is 1. The molecule has 264 valence electrons. The maximum absolute atomic E-state index is 12.1. The van der Waals surface area contributed by atoms with E-state index in [-0.39, 0.29) is 18.6 Å². The first-order valence-corrected chi connectivity index (χ1v) is 17.2. The zero-order chi connectivity index (χ0) is 34.9. The maximum atomic E-state index is 12.1. The highest BCUT2D eigenvalue weighted by molar-refractivity contribution is 5.94. The van der Waals surface area contributed by atoms with Crippen molar-refractivity contribution in [2.75, 3.05) is 68.8 Å². The summed E-state index contributed by atoms with van der Waals surface area (Å²) in [7, 11) is 0. The molecule has 4 N–H and O–H groups in total. The number of anilines is 3. The van der Waals surface area contributed by atoms with Crippen molar-refractivity contribution >= 4 is 23.8 Å². The summed E-state index contributed by atoms with van der Waals surface area (Å²) < 4.78 is 22.5. The van der Waals surface area contributed by atoms with Crippen molar-refractivity contribution in [3.63, 3.8) is 0 Å². The Morgan fingerprint density at radius 3 is 1.88 bits per heavy atom. The largest absolute Gasteiger partial charge is 0.454 e. The third-order valence-electron chi connectivity index (χ3n) is 8.14. The smallest absolute Gasteiger partial charge is 0.251 e. The number of nitrogens with zero attached hydrogens (tertiary/aromatic N) is 3. The lowest BCUT2D eigenvalue weighted by Crippen LogP contribution is -2.27. The van der Waals surface area contributed by atoms with Gasteiger partial charge in [0.1, 0.15) is 0 Å². The lowest BCUT2D eigenvalue weighted by atomic mass is 9.88. The minimum atomic E-state index is -0.118. The van der Waals surface area contributed by atoms with E-state index in [2.05, 4.69) is 84.8 Å². The van der Waals surface area contributed by atoms with Crippen LogP contribution in [0.3, 0.4) is 0 Å². The van der Waals surface area contributed by atoms with E-state index in [0.717, 1.165) is 23.5 Å². The summed E-state index contributed by atoms with van der Waals surface area (Å²) in [5, 5.41) is 12.8. The lowest BCUT2D eigenvalue weighted by molar-refractivity contribution is 0.0519. The molecule has 0 spiro atoms. The standard InChI is InChI=1S/C39H43N7O5/c47-36(31-15-8-3-9-16-31)40-21-23-48-25-26-49-24-22-42-38-44-37(45-39(46-38)43-27-32-17-10-18-34-35(32)51-28-50-34)41-20-19-33(29-11-4-1-5-12-29)30-13-6-2-7-14-30/h1-18,33H,19-28H2,(H,40,47)(H3,41,42,43,44,45,46). The van der Waals surface area contributed by atoms with Crippen LogP contribution in [0, 0.1) is 0 Å². The third kappa shape index (κ3) is 10.6. The van der Waals surface area contributed by atoms with Gasteiger partial charge in [0, 0.05) is 43.2 Å². The molecule has 0 atom stereocenters. The highest BCUT2D eigenvalue weighted by Gasteiger charge is 2.18. The Bertz CT molecular complexity index is 1760. The molecule has 1 amide bonds. The Morgan fingerprint density at radius 2 is 1.22 bits per heavy atom. The van der Waals surface area contributed by atoms with Crippen molar-refractivity contribution in [3.05, 3.63) is 131 Å². The molecule has 1 aromatic heterocycles. The van der Waals surface area contributed by atoms with Crippen LogP contribution in [0.4, 0.5) is 17.8 Å². The first kappa shape index (κ1) is 35.1. The molecule has 5 aromatic rings. The quantitative estimate of drug-likeness (QED) is 0.0746. The van der Waals surface area contributed by atoms with E-state index in [1.54, 1.807) is 12.1 Å². The van der Waals surface area contributed by atoms with Gasteiger partial charge in [0.15, 0.2) is 11.5 Å². The molecule has 0 aliphatic carbocycles. The molecule has 0 saturated carbocycles. The number of aromatic nitrogens is 3. The van der Waals surface area contributed by atoms with Crippen LogP contribution in [-0.2, 0) is 16.0 Å². The van der Waals surface area contributed by atoms with E-state index in [9.17, 15) is 4.79 Å². The van der Waals surface area contributed by atoms with Crippen LogP contribution in [-0.4, -0.2) is 73.7 Å². The van der Waals surface area contributed by atoms with Crippen LogP contribution in [0.25, 0.3) is 0 Å². The molecular formula is C39H43N7O5. The fourth-order valence-corrected chi connectivity index (χ4v) is 5.63. The van der Waals surface area contributed by atoms with Gasteiger partial charge in [-0.1, -0.05) is 91.0 Å². The Kier molecular flexibility index (Phi) is 13.0. The average Bonchev–Trinajstić information content (AvgIpc) is 3.67. The second kappa shape index (κ2) is 18.9. The van der Waals surface area contributed by atoms with E-state index in [1.165, 1.54) is 11.1 Å². The van der Waals surface area contributed by atoms with Gasteiger partial charge in [0.25, 0.3) is 5.91 Å². The minimum absolute atomic E-state index is 0.118. The molecule has 4 aromatic carbocycles. The number of ether oxygens (including phenoxy) is 4. The van der Waals surface area contributed by atoms with E-state index >= 15 is 0 Å². The number of nitrogens with one attached hydrogen (secondary N) is 4. The predicted octanol–water partition coefficient (Wildman–Crippen LogP) is 5.72. The zero-order valence-electron chi connectivity index (χ0n) is 28.4. The Balaban J connectivity index is 0.998. The summed E-state index contributed by atoms with van der Waals surface area (Å²) in [6.07, 6.45) is 0.841. The molecule has 0 radical (unpaired) electrons. The van der Waals surface area contributed by atoms with Crippen molar-refractivity contribution in [2.24, 2.45) is 0 Å². The second-order valence-corrected chi connectivity index (χ2v) is 11.7. The molecule has 0 fully saturated rings. The van der Waals surface area contributed by atoms with Gasteiger partial charge in [-0.3, -0.25) is 4.79 Å². The number of hydrogen-bond acceptors (Lipinski definition) is 11. The van der Waals surface area contributed by atoms with Gasteiger partial charge in [-0.15, -0.1) is 0 Å². The van der Waals surface area contributed by atoms with Gasteiger partial charge in [0.05, 0.1) is 26.4 Å². The maximum Gasteiger partial charge on any atom is 0.251 e. The summed E-state index contributed by atoms with van der Waals surface area (Å²) in [5.41, 5.74) is 4.08. The molecule has 1 aliphatic heterocycles. The van der Waals surface area contributed by atoms with E-state index < -0.39 is 0 Å². The van der Waals surface area contributed by atoms with E-state index in [1.807, 2.05) is 48.5 Å². The molecule has 6 rings (SSSR count). The first-order valence-electron chi connectivity index (χ1n) is 17.2. The van der Waals surface area contributed by atoms with Gasteiger partial charge in [-0.2, -0.15) is 15.0 Å². The lowest BCUT2D eigenvalue weighted by Gasteiger charge is -2.19. The van der Waals surface area contributed by atoms with E-state index in [4.69, 9.17) is 18.9 Å². The predicted molar refractivity (Wildman–Crippen MR) is 196 cm³/mol. The number of amides is 1. The molecule has 12 nitrogen and oxygen atoms in total. The van der Waals surface area contributed by atoms with Crippen molar-refractivity contribution < 1.29 is 23.7 Å². The van der Waals surface area contributed by atoms with Crippen LogP contribution in [0.1, 0.15) is 39.4 Å². The van der Waals surface area contributed by atoms with Crippen LogP contribution in [0.15, 0.2) is 109 Å². The van der Waals surface area contributed by atoms with Crippen molar-refractivity contribution in [1.29, 1.82) is 0 Å². The highest BCUT2D eigenvalue weighted by atomic mass is 16.7. The summed E-state index contributed by atoms with van der Waals surface area (Å²) in [6, 6.07) is 35.9. The number of carbonyl (C=O) groups is 1. The van der Waals surface area contributed by atoms with Crippen LogP contribution in [0.2, 0.25) is 0 Å². The van der Waals surface area contributed by atoms with Gasteiger partial charge < -0.3 is 40.2 Å². The molecular weight excluding hydrogens is 646 g/mol. The number of hydrogen-bond donors (Lipinski definition) is 4. The molecule has 12 heteroatoms. The number of carbonyl (C=O) groups excluding carboxylic acids is 1. The van der Waals surface area contributed by atoms with Crippen molar-refractivity contribution in [3.8, 4) is 11.5 Å². The fourth-order valence-electron chi connectivity index (χ4n) is 5.63. The number of benzene rings is 4. The van der Waals surface area contributed by atoms with Crippen LogP contribution >= 0.6 is 0 Å². The Labute approximate surface area is 298 Å². The monoisotopic (exact) mass is 689 g/mol. The summed E-state index contributed by atoms with van der Waals surface area (Å²) in [6.45, 7) is 3.86. The van der Waals surface area contributed by atoms with Gasteiger partial charge >= 0.3 is 0 Å². The van der Waals surface area contributed by atoms with Crippen molar-refractivity contribution in [2.45, 2.75) is 18.9 Å². The third-order valence-corrected chi connectivity index (χ3v) is 8.14. The summed E-state index contributed by atoms with van der Waals surface area (Å²) in [4.78, 5) is 26.0. The van der Waals surface area contributed by atoms with Gasteiger partial charge in [-0.25, -0.2) is 0 Å². The number of fused-ring (bicyclic) bond motifs is 1. The molecule has 51 heavy (non-hydrogen) atoms. The van der Waals surface area contributed by atoms with Crippen LogP contribution in [0.5, 0.6) is 11.5 Å². The zero-order valence-corrected chi connectivity index (χ0v) is 28.4. The summed E-state index contributed by atoms with van der Waals surface area (Å²) in [5.74, 6) is 2.85.